The van der Waals surface area contributed by atoms with Gasteiger partial charge in [-0.05, 0) is 43.1 Å². The van der Waals surface area contributed by atoms with Gasteiger partial charge in [-0.3, -0.25) is 0 Å². The summed E-state index contributed by atoms with van der Waals surface area (Å²) in [5, 5.41) is 11.3. The van der Waals surface area contributed by atoms with Crippen molar-refractivity contribution in [2.45, 2.75) is 0 Å². The van der Waals surface area contributed by atoms with Gasteiger partial charge in [-0.1, -0.05) is 127 Å². The van der Waals surface area contributed by atoms with E-state index >= 15 is 0 Å². The van der Waals surface area contributed by atoms with Gasteiger partial charge >= 0.3 is 0 Å². The van der Waals surface area contributed by atoms with Crippen molar-refractivity contribution in [3.63, 3.8) is 0 Å². The fourth-order valence-electron chi connectivity index (χ4n) is 7.09. The first-order valence-corrected chi connectivity index (χ1v) is 14.9. The van der Waals surface area contributed by atoms with E-state index in [-0.39, 0.29) is 0 Å². The standard InChI is InChI=1S/C35H25NSi/c1-36-30-22-12-10-20-28(30)32-26-18-8-9-19-27(26)35-33(34(32)36)29-21-11-13-23-31(29)37(35,24-14-4-2-5-15-24)25-16-6-3-7-17-25/h2-23H,1H3. The summed E-state index contributed by atoms with van der Waals surface area (Å²) in [6.45, 7) is 0. The molecule has 0 spiro atoms. The maximum Gasteiger partial charge on any atom is 0.181 e. The fourth-order valence-corrected chi connectivity index (χ4v) is 12.5. The van der Waals surface area contributed by atoms with E-state index in [4.69, 9.17) is 0 Å². The maximum atomic E-state index is 2.44. The quantitative estimate of drug-likeness (QED) is 0.270. The number of benzene rings is 6. The Morgan fingerprint density at radius 3 is 1.76 bits per heavy atom. The van der Waals surface area contributed by atoms with Crippen LogP contribution in [0.3, 0.4) is 0 Å². The highest BCUT2D eigenvalue weighted by Crippen LogP contribution is 2.43. The molecule has 0 atom stereocenters. The third-order valence-corrected chi connectivity index (χ3v) is 13.4. The number of hydrogen-bond donors (Lipinski definition) is 0. The van der Waals surface area contributed by atoms with Crippen molar-refractivity contribution < 1.29 is 0 Å². The van der Waals surface area contributed by atoms with E-state index in [2.05, 4.69) is 145 Å². The molecule has 7 aromatic rings. The number of fused-ring (bicyclic) bond motifs is 10. The number of aryl methyl sites for hydroxylation is 1. The SMILES string of the molecule is Cn1c2ccccc2c2c3ccccc3c3c(c21)-c1ccccc1[Si]3(c1ccccc1)c1ccccc1. The highest BCUT2D eigenvalue weighted by Gasteiger charge is 2.50. The Morgan fingerprint density at radius 1 is 0.514 bits per heavy atom. The molecule has 37 heavy (non-hydrogen) atoms. The molecule has 0 saturated carbocycles. The molecular formula is C35H25NSi. The smallest absolute Gasteiger partial charge is 0.181 e. The third-order valence-electron chi connectivity index (χ3n) is 8.45. The zero-order valence-electron chi connectivity index (χ0n) is 20.6. The first-order chi connectivity index (χ1) is 18.3. The van der Waals surface area contributed by atoms with E-state index in [1.165, 1.54) is 64.5 Å². The zero-order chi connectivity index (χ0) is 24.6. The minimum Gasteiger partial charge on any atom is -0.343 e. The normalized spacial score (nSPS) is 13.8. The van der Waals surface area contributed by atoms with Gasteiger partial charge in [0.2, 0.25) is 0 Å². The van der Waals surface area contributed by atoms with Crippen molar-refractivity contribution in [3.8, 4) is 11.1 Å². The van der Waals surface area contributed by atoms with E-state index in [0.717, 1.165) is 0 Å². The summed E-state index contributed by atoms with van der Waals surface area (Å²) in [5.74, 6) is 0. The molecule has 8 rings (SSSR count). The molecule has 1 aliphatic rings. The lowest BCUT2D eigenvalue weighted by atomic mass is 9.96. The predicted molar refractivity (Wildman–Crippen MR) is 161 cm³/mol. The Bertz CT molecular complexity index is 1940. The third kappa shape index (κ3) is 2.53. The van der Waals surface area contributed by atoms with Crippen molar-refractivity contribution >= 4 is 61.4 Å². The molecule has 0 unspecified atom stereocenters. The van der Waals surface area contributed by atoms with Crippen molar-refractivity contribution in [2.75, 3.05) is 0 Å². The lowest BCUT2D eigenvalue weighted by Gasteiger charge is -2.32. The van der Waals surface area contributed by atoms with Gasteiger partial charge in [0.25, 0.3) is 0 Å². The number of aromatic nitrogens is 1. The summed E-state index contributed by atoms with van der Waals surface area (Å²) in [7, 11) is -0.348. The molecule has 2 heterocycles. The van der Waals surface area contributed by atoms with Crippen LogP contribution in [-0.2, 0) is 7.05 Å². The Hall–Kier alpha value is -4.40. The van der Waals surface area contributed by atoms with Gasteiger partial charge in [-0.2, -0.15) is 0 Å². The summed E-state index contributed by atoms with van der Waals surface area (Å²) in [6, 6.07) is 49.8. The topological polar surface area (TPSA) is 4.93 Å². The Kier molecular flexibility index (Phi) is 4.23. The van der Waals surface area contributed by atoms with Crippen LogP contribution < -0.4 is 20.7 Å². The summed E-state index contributed by atoms with van der Waals surface area (Å²) >= 11 is 0. The molecule has 0 fully saturated rings. The Balaban J connectivity index is 1.73. The number of nitrogens with zero attached hydrogens (tertiary/aromatic N) is 1. The summed E-state index contributed by atoms with van der Waals surface area (Å²) in [6.07, 6.45) is 0. The second-order valence-corrected chi connectivity index (χ2v) is 13.8. The number of rotatable bonds is 2. The molecule has 0 bridgehead atoms. The Morgan fingerprint density at radius 2 is 1.05 bits per heavy atom. The van der Waals surface area contributed by atoms with Crippen molar-refractivity contribution in [1.82, 2.24) is 4.57 Å². The largest absolute Gasteiger partial charge is 0.343 e. The van der Waals surface area contributed by atoms with Crippen LogP contribution in [0.25, 0.3) is 43.7 Å². The van der Waals surface area contributed by atoms with Gasteiger partial charge in [-0.25, -0.2) is 0 Å². The first kappa shape index (κ1) is 20.8. The highest BCUT2D eigenvalue weighted by molar-refractivity contribution is 7.23. The van der Waals surface area contributed by atoms with Crippen LogP contribution in [0.5, 0.6) is 0 Å². The number of hydrogen-bond acceptors (Lipinski definition) is 0. The van der Waals surface area contributed by atoms with Gasteiger partial charge in [0.1, 0.15) is 0 Å². The van der Waals surface area contributed by atoms with Gasteiger partial charge in [-0.15, -0.1) is 0 Å². The van der Waals surface area contributed by atoms with Crippen molar-refractivity contribution in [2.24, 2.45) is 7.05 Å². The van der Waals surface area contributed by atoms with Crippen LogP contribution in [0.15, 0.2) is 133 Å². The summed E-state index contributed by atoms with van der Waals surface area (Å²) in [4.78, 5) is 0. The molecule has 1 nitrogen and oxygen atoms in total. The van der Waals surface area contributed by atoms with Crippen molar-refractivity contribution in [1.29, 1.82) is 0 Å². The second-order valence-electron chi connectivity index (χ2n) is 10.1. The predicted octanol–water partition coefficient (Wildman–Crippen LogP) is 5.84. The molecule has 0 aliphatic carbocycles. The summed E-state index contributed by atoms with van der Waals surface area (Å²) in [5.41, 5.74) is 5.44. The minimum atomic E-state index is -2.59. The summed E-state index contributed by atoms with van der Waals surface area (Å²) < 4.78 is 2.44. The second kappa shape index (κ2) is 7.55. The lowest BCUT2D eigenvalue weighted by Crippen LogP contribution is -2.73. The van der Waals surface area contributed by atoms with Crippen LogP contribution in [-0.4, -0.2) is 12.6 Å². The molecule has 0 amide bonds. The molecule has 0 N–H and O–H groups in total. The molecule has 0 radical (unpaired) electrons. The molecule has 0 saturated heterocycles. The molecule has 6 aromatic carbocycles. The van der Waals surface area contributed by atoms with Gasteiger partial charge in [0.15, 0.2) is 8.07 Å². The highest BCUT2D eigenvalue weighted by atomic mass is 28.3. The van der Waals surface area contributed by atoms with Gasteiger partial charge in [0, 0.05) is 28.9 Å². The van der Waals surface area contributed by atoms with E-state index in [1.54, 1.807) is 0 Å². The zero-order valence-corrected chi connectivity index (χ0v) is 21.6. The van der Waals surface area contributed by atoms with E-state index in [1.807, 2.05) is 0 Å². The number of para-hydroxylation sites is 1. The first-order valence-electron chi connectivity index (χ1n) is 12.9. The van der Waals surface area contributed by atoms with Gasteiger partial charge in [0.05, 0.1) is 5.52 Å². The maximum absolute atomic E-state index is 2.59. The average Bonchev–Trinajstić information content (AvgIpc) is 3.45. The lowest BCUT2D eigenvalue weighted by molar-refractivity contribution is 1.02. The Labute approximate surface area is 217 Å². The minimum absolute atomic E-state index is 1.28. The van der Waals surface area contributed by atoms with Crippen LogP contribution in [0, 0.1) is 0 Å². The molecule has 2 heteroatoms. The molecule has 174 valence electrons. The average molecular weight is 488 g/mol. The van der Waals surface area contributed by atoms with Gasteiger partial charge < -0.3 is 4.57 Å². The van der Waals surface area contributed by atoms with Crippen LogP contribution >= 0.6 is 0 Å². The van der Waals surface area contributed by atoms with Crippen LogP contribution in [0.4, 0.5) is 0 Å². The van der Waals surface area contributed by atoms with E-state index < -0.39 is 8.07 Å². The van der Waals surface area contributed by atoms with E-state index in [9.17, 15) is 0 Å². The molecule has 1 aromatic heterocycles. The molecular weight excluding hydrogens is 462 g/mol. The fraction of sp³-hybridized carbons (Fsp3) is 0.0286. The molecule has 1 aliphatic heterocycles. The van der Waals surface area contributed by atoms with Crippen LogP contribution in [0.1, 0.15) is 0 Å². The van der Waals surface area contributed by atoms with Crippen molar-refractivity contribution in [3.05, 3.63) is 133 Å². The monoisotopic (exact) mass is 487 g/mol. The van der Waals surface area contributed by atoms with E-state index in [0.29, 0.717) is 0 Å². The van der Waals surface area contributed by atoms with Crippen LogP contribution in [0.2, 0.25) is 0 Å².